The third-order valence-electron chi connectivity index (χ3n) is 2.41. The molecule has 88 valence electrons. The van der Waals surface area contributed by atoms with E-state index in [1.54, 1.807) is 20.4 Å². The summed E-state index contributed by atoms with van der Waals surface area (Å²) in [6.45, 7) is 0. The second-order valence-corrected chi connectivity index (χ2v) is 3.79. The van der Waals surface area contributed by atoms with Gasteiger partial charge in [-0.05, 0) is 24.3 Å². The monoisotopic (exact) mass is 249 g/mol. The third kappa shape index (κ3) is 2.34. The van der Waals surface area contributed by atoms with Crippen molar-refractivity contribution in [1.82, 2.24) is 4.98 Å². The first-order chi connectivity index (χ1) is 8.26. The lowest BCUT2D eigenvalue weighted by Crippen LogP contribution is -1.92. The Hall–Kier alpha value is -1.74. The molecule has 0 saturated carbocycles. The van der Waals surface area contributed by atoms with E-state index in [2.05, 4.69) is 4.98 Å². The topological polar surface area (TPSA) is 31.4 Å². The van der Waals surface area contributed by atoms with Gasteiger partial charge in [-0.2, -0.15) is 0 Å². The minimum atomic E-state index is 0.467. The van der Waals surface area contributed by atoms with Crippen molar-refractivity contribution in [3.8, 4) is 22.8 Å². The summed E-state index contributed by atoms with van der Waals surface area (Å²) >= 11 is 6.10. The van der Waals surface area contributed by atoms with E-state index in [-0.39, 0.29) is 0 Å². The summed E-state index contributed by atoms with van der Waals surface area (Å²) in [5, 5.41) is 0.467. The van der Waals surface area contributed by atoms with Crippen LogP contribution < -0.4 is 9.47 Å². The van der Waals surface area contributed by atoms with E-state index in [1.807, 2.05) is 30.3 Å². The molecule has 0 amide bonds. The number of hydrogen-bond donors (Lipinski definition) is 0. The minimum Gasteiger partial charge on any atom is -0.495 e. The molecule has 1 heterocycles. The predicted octanol–water partition coefficient (Wildman–Crippen LogP) is 3.42. The summed E-state index contributed by atoms with van der Waals surface area (Å²) in [7, 11) is 3.14. The molecule has 0 aliphatic rings. The molecule has 2 rings (SSSR count). The molecule has 0 spiro atoms. The second-order valence-electron chi connectivity index (χ2n) is 3.41. The fraction of sp³-hybridized carbons (Fsp3) is 0.154. The van der Waals surface area contributed by atoms with Crippen molar-refractivity contribution < 1.29 is 9.47 Å². The molecule has 4 heteroatoms. The zero-order chi connectivity index (χ0) is 12.3. The average molecular weight is 250 g/mol. The largest absolute Gasteiger partial charge is 0.495 e. The Morgan fingerprint density at radius 2 is 1.71 bits per heavy atom. The number of hydrogen-bond acceptors (Lipinski definition) is 3. The highest BCUT2D eigenvalue weighted by Crippen LogP contribution is 2.37. The van der Waals surface area contributed by atoms with Crippen LogP contribution >= 0.6 is 11.6 Å². The summed E-state index contributed by atoms with van der Waals surface area (Å²) in [6, 6.07) is 9.40. The van der Waals surface area contributed by atoms with E-state index in [1.165, 1.54) is 0 Å². The molecule has 0 N–H and O–H groups in total. The van der Waals surface area contributed by atoms with E-state index < -0.39 is 0 Å². The van der Waals surface area contributed by atoms with E-state index >= 15 is 0 Å². The molecular weight excluding hydrogens is 238 g/mol. The highest BCUT2D eigenvalue weighted by molar-refractivity contribution is 6.33. The zero-order valence-electron chi connectivity index (χ0n) is 9.61. The number of ether oxygens (including phenoxy) is 2. The standard InChI is InChI=1S/C13H12ClNO2/c1-16-11-7-9(8-12(17-2)13(11)14)10-5-3-4-6-15-10/h3-8H,1-2H3. The highest BCUT2D eigenvalue weighted by Gasteiger charge is 2.11. The van der Waals surface area contributed by atoms with Crippen LogP contribution in [-0.2, 0) is 0 Å². The zero-order valence-corrected chi connectivity index (χ0v) is 10.4. The maximum atomic E-state index is 6.10. The number of rotatable bonds is 3. The second kappa shape index (κ2) is 5.06. The lowest BCUT2D eigenvalue weighted by Gasteiger charge is -2.10. The van der Waals surface area contributed by atoms with Gasteiger partial charge in [0.25, 0.3) is 0 Å². The smallest absolute Gasteiger partial charge is 0.141 e. The highest BCUT2D eigenvalue weighted by atomic mass is 35.5. The molecular formula is C13H12ClNO2. The van der Waals surface area contributed by atoms with Gasteiger partial charge in [0, 0.05) is 11.8 Å². The molecule has 0 aliphatic carbocycles. The van der Waals surface area contributed by atoms with Gasteiger partial charge in [0.05, 0.1) is 19.9 Å². The van der Waals surface area contributed by atoms with Crippen molar-refractivity contribution in [1.29, 1.82) is 0 Å². The van der Waals surface area contributed by atoms with Gasteiger partial charge in [0.2, 0.25) is 0 Å². The van der Waals surface area contributed by atoms with Crippen LogP contribution in [0.5, 0.6) is 11.5 Å². The molecule has 1 aromatic heterocycles. The van der Waals surface area contributed by atoms with E-state index in [0.29, 0.717) is 16.5 Å². The van der Waals surface area contributed by atoms with Crippen LogP contribution in [0.2, 0.25) is 5.02 Å². The first kappa shape index (κ1) is 11.7. The lowest BCUT2D eigenvalue weighted by molar-refractivity contribution is 0.395. The Balaban J connectivity index is 2.56. The van der Waals surface area contributed by atoms with Crippen LogP contribution in [0.1, 0.15) is 0 Å². The Kier molecular flexibility index (Phi) is 3.49. The fourth-order valence-electron chi connectivity index (χ4n) is 1.55. The number of pyridine rings is 1. The Morgan fingerprint density at radius 3 is 2.18 bits per heavy atom. The lowest BCUT2D eigenvalue weighted by atomic mass is 10.1. The van der Waals surface area contributed by atoms with Crippen LogP contribution in [0.4, 0.5) is 0 Å². The van der Waals surface area contributed by atoms with Crippen LogP contribution in [0, 0.1) is 0 Å². The predicted molar refractivity (Wildman–Crippen MR) is 67.8 cm³/mol. The molecule has 0 radical (unpaired) electrons. The van der Waals surface area contributed by atoms with Gasteiger partial charge in [0.1, 0.15) is 16.5 Å². The van der Waals surface area contributed by atoms with Crippen LogP contribution in [0.25, 0.3) is 11.3 Å². The maximum absolute atomic E-state index is 6.10. The molecule has 0 unspecified atom stereocenters. The number of methoxy groups -OCH3 is 2. The molecule has 17 heavy (non-hydrogen) atoms. The molecule has 1 aromatic carbocycles. The molecule has 0 saturated heterocycles. The van der Waals surface area contributed by atoms with Crippen molar-refractivity contribution in [3.63, 3.8) is 0 Å². The van der Waals surface area contributed by atoms with Gasteiger partial charge in [-0.25, -0.2) is 0 Å². The summed E-state index contributed by atoms with van der Waals surface area (Å²) in [6.07, 6.45) is 1.74. The van der Waals surface area contributed by atoms with Crippen molar-refractivity contribution in [2.45, 2.75) is 0 Å². The SMILES string of the molecule is COc1cc(-c2ccccn2)cc(OC)c1Cl. The van der Waals surface area contributed by atoms with E-state index in [0.717, 1.165) is 11.3 Å². The van der Waals surface area contributed by atoms with Gasteiger partial charge in [-0.15, -0.1) is 0 Å². The van der Waals surface area contributed by atoms with E-state index in [9.17, 15) is 0 Å². The molecule has 0 bridgehead atoms. The van der Waals surface area contributed by atoms with Crippen LogP contribution in [-0.4, -0.2) is 19.2 Å². The number of halogens is 1. The van der Waals surface area contributed by atoms with Gasteiger partial charge in [-0.3, -0.25) is 4.98 Å². The van der Waals surface area contributed by atoms with Gasteiger partial charge >= 0.3 is 0 Å². The first-order valence-corrected chi connectivity index (χ1v) is 5.47. The Labute approximate surface area is 105 Å². The molecule has 0 aliphatic heterocycles. The number of benzene rings is 1. The van der Waals surface area contributed by atoms with Gasteiger partial charge < -0.3 is 9.47 Å². The molecule has 0 atom stereocenters. The maximum Gasteiger partial charge on any atom is 0.141 e. The van der Waals surface area contributed by atoms with Crippen molar-refractivity contribution in [3.05, 3.63) is 41.6 Å². The quantitative estimate of drug-likeness (QED) is 0.835. The van der Waals surface area contributed by atoms with Crippen molar-refractivity contribution >= 4 is 11.6 Å². The summed E-state index contributed by atoms with van der Waals surface area (Å²) in [4.78, 5) is 4.28. The van der Waals surface area contributed by atoms with E-state index in [4.69, 9.17) is 21.1 Å². The number of nitrogens with zero attached hydrogens (tertiary/aromatic N) is 1. The normalized spacial score (nSPS) is 10.1. The summed E-state index contributed by atoms with van der Waals surface area (Å²) < 4.78 is 10.4. The first-order valence-electron chi connectivity index (χ1n) is 5.09. The molecule has 3 nitrogen and oxygen atoms in total. The van der Waals surface area contributed by atoms with Gasteiger partial charge in [0.15, 0.2) is 0 Å². The fourth-order valence-corrected chi connectivity index (χ4v) is 1.81. The minimum absolute atomic E-state index is 0.467. The molecule has 2 aromatic rings. The van der Waals surface area contributed by atoms with Crippen molar-refractivity contribution in [2.75, 3.05) is 14.2 Å². The summed E-state index contributed by atoms with van der Waals surface area (Å²) in [5.41, 5.74) is 1.75. The Morgan fingerprint density at radius 1 is 1.06 bits per heavy atom. The van der Waals surface area contributed by atoms with Crippen LogP contribution in [0.15, 0.2) is 36.5 Å². The average Bonchev–Trinajstić information content (AvgIpc) is 2.40. The Bertz CT molecular complexity index is 489. The molecule has 0 fully saturated rings. The third-order valence-corrected chi connectivity index (χ3v) is 2.78. The summed E-state index contributed by atoms with van der Waals surface area (Å²) in [5.74, 6) is 1.15. The van der Waals surface area contributed by atoms with Crippen LogP contribution in [0.3, 0.4) is 0 Å². The number of aromatic nitrogens is 1. The van der Waals surface area contributed by atoms with Gasteiger partial charge in [-0.1, -0.05) is 17.7 Å². The van der Waals surface area contributed by atoms with Crippen molar-refractivity contribution in [2.24, 2.45) is 0 Å².